The van der Waals surface area contributed by atoms with Crippen molar-refractivity contribution in [1.29, 1.82) is 0 Å². The summed E-state index contributed by atoms with van der Waals surface area (Å²) in [6, 6.07) is 0. The van der Waals surface area contributed by atoms with E-state index in [9.17, 15) is 4.79 Å². The van der Waals surface area contributed by atoms with E-state index in [-0.39, 0.29) is 5.97 Å². The highest BCUT2D eigenvalue weighted by molar-refractivity contribution is 5.69. The predicted molar refractivity (Wildman–Crippen MR) is 76.7 cm³/mol. The molecule has 3 nitrogen and oxygen atoms in total. The highest BCUT2D eigenvalue weighted by Crippen LogP contribution is 2.05. The van der Waals surface area contributed by atoms with Crippen molar-refractivity contribution in [2.75, 3.05) is 26.2 Å². The fraction of sp³-hybridized carbons (Fsp3) is 0.933. The van der Waals surface area contributed by atoms with E-state index in [0.29, 0.717) is 13.0 Å². The molecule has 0 saturated heterocycles. The van der Waals surface area contributed by atoms with E-state index in [1.54, 1.807) is 0 Å². The minimum absolute atomic E-state index is 0.0459. The van der Waals surface area contributed by atoms with Gasteiger partial charge in [-0.1, -0.05) is 52.9 Å². The number of ether oxygens (including phenoxy) is 1. The number of hydrogen-bond donors (Lipinski definition) is 0. The molecule has 0 radical (unpaired) electrons. The molecule has 0 rings (SSSR count). The van der Waals surface area contributed by atoms with Crippen LogP contribution in [0.2, 0.25) is 0 Å². The Morgan fingerprint density at radius 1 is 0.944 bits per heavy atom. The van der Waals surface area contributed by atoms with Crippen LogP contribution < -0.4 is 0 Å². The quantitative estimate of drug-likeness (QED) is 0.395. The summed E-state index contributed by atoms with van der Waals surface area (Å²) in [6.45, 7) is 9.88. The predicted octanol–water partition coefficient (Wildman–Crippen LogP) is 3.62. The van der Waals surface area contributed by atoms with Crippen molar-refractivity contribution in [1.82, 2.24) is 4.90 Å². The second-order valence-corrected chi connectivity index (χ2v) is 4.77. The minimum atomic E-state index is -0.0459. The molecule has 0 aliphatic heterocycles. The van der Waals surface area contributed by atoms with Gasteiger partial charge in [0.2, 0.25) is 0 Å². The third kappa shape index (κ3) is 10.6. The van der Waals surface area contributed by atoms with Gasteiger partial charge in [0.1, 0.15) is 0 Å². The van der Waals surface area contributed by atoms with Crippen LogP contribution >= 0.6 is 0 Å². The summed E-state index contributed by atoms with van der Waals surface area (Å²) in [5, 5.41) is 0. The number of carbonyl (C=O) groups is 1. The van der Waals surface area contributed by atoms with Crippen LogP contribution in [0.1, 0.15) is 65.7 Å². The molecule has 0 amide bonds. The molecule has 18 heavy (non-hydrogen) atoms. The third-order valence-electron chi connectivity index (χ3n) is 3.29. The van der Waals surface area contributed by atoms with E-state index in [1.807, 2.05) is 0 Å². The van der Waals surface area contributed by atoms with Gasteiger partial charge in [0.15, 0.2) is 0 Å². The van der Waals surface area contributed by atoms with Gasteiger partial charge in [0, 0.05) is 6.54 Å². The van der Waals surface area contributed by atoms with E-state index in [0.717, 1.165) is 26.1 Å². The van der Waals surface area contributed by atoms with Gasteiger partial charge < -0.3 is 9.64 Å². The molecule has 0 fully saturated rings. The van der Waals surface area contributed by atoms with Crippen LogP contribution in [0, 0.1) is 0 Å². The van der Waals surface area contributed by atoms with Gasteiger partial charge in [-0.2, -0.15) is 0 Å². The largest absolute Gasteiger partial charge is 0.466 e. The molecule has 0 aliphatic carbocycles. The molecular formula is C15H31NO2. The molecule has 0 aromatic heterocycles. The Bertz CT molecular complexity index is 191. The zero-order valence-electron chi connectivity index (χ0n) is 12.5. The SMILES string of the molecule is CCCCCCCCOC(=O)CCN(CC)CC. The summed E-state index contributed by atoms with van der Waals surface area (Å²) < 4.78 is 5.22. The van der Waals surface area contributed by atoms with Crippen molar-refractivity contribution in [3.05, 3.63) is 0 Å². The summed E-state index contributed by atoms with van der Waals surface area (Å²) in [4.78, 5) is 13.7. The molecule has 0 atom stereocenters. The van der Waals surface area contributed by atoms with E-state index < -0.39 is 0 Å². The summed E-state index contributed by atoms with van der Waals surface area (Å²) in [6.07, 6.45) is 7.91. The van der Waals surface area contributed by atoms with E-state index in [4.69, 9.17) is 4.74 Å². The number of unbranched alkanes of at least 4 members (excludes halogenated alkanes) is 5. The van der Waals surface area contributed by atoms with Gasteiger partial charge in [0.05, 0.1) is 13.0 Å². The van der Waals surface area contributed by atoms with Crippen molar-refractivity contribution in [3.8, 4) is 0 Å². The topological polar surface area (TPSA) is 29.5 Å². The molecule has 0 bridgehead atoms. The average molecular weight is 257 g/mol. The van der Waals surface area contributed by atoms with Gasteiger partial charge >= 0.3 is 5.97 Å². The first kappa shape index (κ1) is 17.4. The van der Waals surface area contributed by atoms with Gasteiger partial charge in [-0.05, 0) is 19.5 Å². The first-order valence-corrected chi connectivity index (χ1v) is 7.62. The molecule has 3 heteroatoms. The fourth-order valence-electron chi connectivity index (χ4n) is 1.93. The Morgan fingerprint density at radius 3 is 2.17 bits per heavy atom. The second-order valence-electron chi connectivity index (χ2n) is 4.77. The zero-order chi connectivity index (χ0) is 13.6. The number of nitrogens with zero attached hydrogens (tertiary/aromatic N) is 1. The van der Waals surface area contributed by atoms with Crippen LogP contribution in [0.25, 0.3) is 0 Å². The van der Waals surface area contributed by atoms with Gasteiger partial charge in [-0.25, -0.2) is 0 Å². The van der Waals surface area contributed by atoms with E-state index in [1.165, 1.54) is 32.1 Å². The van der Waals surface area contributed by atoms with Crippen LogP contribution in [0.5, 0.6) is 0 Å². The van der Waals surface area contributed by atoms with Crippen LogP contribution in [-0.2, 0) is 9.53 Å². The van der Waals surface area contributed by atoms with Crippen molar-refractivity contribution < 1.29 is 9.53 Å². The van der Waals surface area contributed by atoms with E-state index >= 15 is 0 Å². The highest BCUT2D eigenvalue weighted by Gasteiger charge is 2.05. The summed E-state index contributed by atoms with van der Waals surface area (Å²) in [5.41, 5.74) is 0. The summed E-state index contributed by atoms with van der Waals surface area (Å²) in [7, 11) is 0. The Morgan fingerprint density at radius 2 is 1.56 bits per heavy atom. The molecule has 0 aliphatic rings. The molecule has 0 saturated carbocycles. The molecule has 0 unspecified atom stereocenters. The lowest BCUT2D eigenvalue weighted by Crippen LogP contribution is -2.26. The molecule has 0 N–H and O–H groups in total. The third-order valence-corrected chi connectivity index (χ3v) is 3.29. The fourth-order valence-corrected chi connectivity index (χ4v) is 1.93. The number of rotatable bonds is 12. The average Bonchev–Trinajstić information content (AvgIpc) is 2.39. The van der Waals surface area contributed by atoms with Crippen LogP contribution in [0.4, 0.5) is 0 Å². The van der Waals surface area contributed by atoms with E-state index in [2.05, 4.69) is 25.7 Å². The van der Waals surface area contributed by atoms with Crippen molar-refractivity contribution >= 4 is 5.97 Å². The zero-order valence-corrected chi connectivity index (χ0v) is 12.5. The Balaban J connectivity index is 3.31. The molecule has 0 aromatic rings. The molecule has 0 heterocycles. The molecule has 0 aromatic carbocycles. The normalized spacial score (nSPS) is 10.9. The maximum absolute atomic E-state index is 11.5. The van der Waals surface area contributed by atoms with Crippen LogP contribution in [0.15, 0.2) is 0 Å². The smallest absolute Gasteiger partial charge is 0.307 e. The first-order valence-electron chi connectivity index (χ1n) is 7.62. The number of esters is 1. The maximum Gasteiger partial charge on any atom is 0.307 e. The van der Waals surface area contributed by atoms with Gasteiger partial charge in [-0.15, -0.1) is 0 Å². The van der Waals surface area contributed by atoms with Gasteiger partial charge in [-0.3, -0.25) is 4.79 Å². The van der Waals surface area contributed by atoms with Crippen LogP contribution in [0.3, 0.4) is 0 Å². The first-order chi connectivity index (χ1) is 8.74. The number of carbonyl (C=O) groups excluding carboxylic acids is 1. The Labute approximate surface area is 113 Å². The van der Waals surface area contributed by atoms with Gasteiger partial charge in [0.25, 0.3) is 0 Å². The Kier molecular flexibility index (Phi) is 12.5. The minimum Gasteiger partial charge on any atom is -0.466 e. The lowest BCUT2D eigenvalue weighted by Gasteiger charge is -2.16. The maximum atomic E-state index is 11.5. The standard InChI is InChI=1S/C15H31NO2/c1-4-7-8-9-10-11-14-18-15(17)12-13-16(5-2)6-3/h4-14H2,1-3H3. The molecular weight excluding hydrogens is 226 g/mol. The molecule has 108 valence electrons. The lowest BCUT2D eigenvalue weighted by molar-refractivity contribution is -0.144. The van der Waals surface area contributed by atoms with Crippen molar-refractivity contribution in [2.45, 2.75) is 65.7 Å². The van der Waals surface area contributed by atoms with Crippen molar-refractivity contribution in [3.63, 3.8) is 0 Å². The highest BCUT2D eigenvalue weighted by atomic mass is 16.5. The summed E-state index contributed by atoms with van der Waals surface area (Å²) >= 11 is 0. The summed E-state index contributed by atoms with van der Waals surface area (Å²) in [5.74, 6) is -0.0459. The van der Waals surface area contributed by atoms with Crippen LogP contribution in [-0.4, -0.2) is 37.1 Å². The van der Waals surface area contributed by atoms with Crippen molar-refractivity contribution in [2.24, 2.45) is 0 Å². The molecule has 0 spiro atoms. The number of hydrogen-bond acceptors (Lipinski definition) is 3. The Hall–Kier alpha value is -0.570. The monoisotopic (exact) mass is 257 g/mol. The lowest BCUT2D eigenvalue weighted by atomic mass is 10.1. The second kappa shape index (κ2) is 12.9.